The molecule has 1 aromatic heterocycles. The number of hydrogen-bond acceptors (Lipinski definition) is 3. The average molecular weight is 195 g/mol. The number of carbonyl (C=O) groups is 1. The molecule has 0 fully saturated rings. The molecule has 2 N–H and O–H groups in total. The van der Waals surface area contributed by atoms with Crippen LogP contribution in [-0.2, 0) is 7.05 Å². The summed E-state index contributed by atoms with van der Waals surface area (Å²) < 4.78 is 1.62. The van der Waals surface area contributed by atoms with Crippen LogP contribution >= 0.6 is 0 Å². The van der Waals surface area contributed by atoms with Gasteiger partial charge in [-0.15, -0.1) is 0 Å². The third-order valence-electron chi connectivity index (χ3n) is 2.11. The Labute approximate surface area is 84.1 Å². The third-order valence-corrected chi connectivity index (χ3v) is 2.11. The maximum atomic E-state index is 11.6. The molecular formula is C10H17N3O. The molecule has 1 heterocycles. The standard InChI is InChI=1S/C10H17N3O/c1-3-4-8(11)7-10(14)9-5-6-13(2)12-9/h5-6,8H,3-4,7,11H2,1-2H3. The number of Topliss-reactive ketones (excluding diaryl/α,β-unsaturated/α-hetero) is 1. The summed E-state index contributed by atoms with van der Waals surface area (Å²) in [5.41, 5.74) is 6.29. The zero-order valence-electron chi connectivity index (χ0n) is 8.73. The third kappa shape index (κ3) is 2.96. The maximum absolute atomic E-state index is 11.6. The lowest BCUT2D eigenvalue weighted by molar-refractivity contribution is 0.0967. The quantitative estimate of drug-likeness (QED) is 0.716. The van der Waals surface area contributed by atoms with E-state index in [9.17, 15) is 4.79 Å². The SMILES string of the molecule is CCCC(N)CC(=O)c1ccn(C)n1. The van der Waals surface area contributed by atoms with E-state index in [0.29, 0.717) is 12.1 Å². The van der Waals surface area contributed by atoms with Gasteiger partial charge in [0, 0.05) is 25.7 Å². The Balaban J connectivity index is 2.50. The van der Waals surface area contributed by atoms with Gasteiger partial charge < -0.3 is 5.73 Å². The number of nitrogens with zero attached hydrogens (tertiary/aromatic N) is 2. The van der Waals surface area contributed by atoms with Gasteiger partial charge in [0.1, 0.15) is 5.69 Å². The van der Waals surface area contributed by atoms with Gasteiger partial charge in [-0.2, -0.15) is 5.10 Å². The summed E-state index contributed by atoms with van der Waals surface area (Å²) in [6.07, 6.45) is 4.05. The molecule has 1 atom stereocenters. The average Bonchev–Trinajstić information content (AvgIpc) is 2.52. The van der Waals surface area contributed by atoms with E-state index in [1.807, 2.05) is 0 Å². The van der Waals surface area contributed by atoms with Crippen molar-refractivity contribution in [1.82, 2.24) is 9.78 Å². The number of hydrogen-bond donors (Lipinski definition) is 1. The minimum absolute atomic E-state index is 0.0329. The highest BCUT2D eigenvalue weighted by Crippen LogP contribution is 2.05. The molecule has 14 heavy (non-hydrogen) atoms. The zero-order valence-corrected chi connectivity index (χ0v) is 8.73. The molecule has 0 aliphatic heterocycles. The van der Waals surface area contributed by atoms with Crippen molar-refractivity contribution >= 4 is 5.78 Å². The number of aryl methyl sites for hydroxylation is 1. The number of ketones is 1. The van der Waals surface area contributed by atoms with Crippen LogP contribution in [0.25, 0.3) is 0 Å². The Kier molecular flexibility index (Phi) is 3.83. The highest BCUT2D eigenvalue weighted by Gasteiger charge is 2.12. The minimum atomic E-state index is -0.0329. The lowest BCUT2D eigenvalue weighted by Gasteiger charge is -2.07. The van der Waals surface area contributed by atoms with Crippen molar-refractivity contribution in [2.45, 2.75) is 32.2 Å². The Morgan fingerprint density at radius 2 is 2.43 bits per heavy atom. The first-order valence-corrected chi connectivity index (χ1v) is 4.92. The fourth-order valence-corrected chi connectivity index (χ4v) is 1.38. The van der Waals surface area contributed by atoms with Gasteiger partial charge in [0.05, 0.1) is 0 Å². The van der Waals surface area contributed by atoms with Crippen LogP contribution in [0.4, 0.5) is 0 Å². The van der Waals surface area contributed by atoms with Gasteiger partial charge in [-0.05, 0) is 12.5 Å². The molecule has 4 heteroatoms. The van der Waals surface area contributed by atoms with E-state index < -0.39 is 0 Å². The van der Waals surface area contributed by atoms with Crippen LogP contribution in [0.2, 0.25) is 0 Å². The molecule has 4 nitrogen and oxygen atoms in total. The molecule has 0 aromatic carbocycles. The van der Waals surface area contributed by atoms with Gasteiger partial charge in [-0.1, -0.05) is 13.3 Å². The topological polar surface area (TPSA) is 60.9 Å². The Morgan fingerprint density at radius 3 is 2.93 bits per heavy atom. The Bertz CT molecular complexity index is 306. The van der Waals surface area contributed by atoms with Crippen molar-refractivity contribution in [3.63, 3.8) is 0 Å². The molecule has 0 saturated carbocycles. The van der Waals surface area contributed by atoms with Crippen molar-refractivity contribution in [2.24, 2.45) is 12.8 Å². The minimum Gasteiger partial charge on any atom is -0.327 e. The fraction of sp³-hybridized carbons (Fsp3) is 0.600. The lowest BCUT2D eigenvalue weighted by atomic mass is 10.1. The molecule has 1 unspecified atom stereocenters. The highest BCUT2D eigenvalue weighted by molar-refractivity contribution is 5.94. The van der Waals surface area contributed by atoms with E-state index in [1.54, 1.807) is 24.0 Å². The molecule has 78 valence electrons. The summed E-state index contributed by atoms with van der Waals surface area (Å²) in [4.78, 5) is 11.6. The van der Waals surface area contributed by atoms with Crippen LogP contribution in [-0.4, -0.2) is 21.6 Å². The van der Waals surface area contributed by atoms with Crippen LogP contribution in [0, 0.1) is 0 Å². The molecular weight excluding hydrogens is 178 g/mol. The van der Waals surface area contributed by atoms with Gasteiger partial charge in [0.15, 0.2) is 5.78 Å². The first-order valence-electron chi connectivity index (χ1n) is 4.92. The van der Waals surface area contributed by atoms with Crippen molar-refractivity contribution in [3.05, 3.63) is 18.0 Å². The van der Waals surface area contributed by atoms with E-state index in [-0.39, 0.29) is 11.8 Å². The summed E-state index contributed by atoms with van der Waals surface area (Å²) >= 11 is 0. The predicted octanol–water partition coefficient (Wildman–Crippen LogP) is 1.12. The number of nitrogens with two attached hydrogens (primary N) is 1. The van der Waals surface area contributed by atoms with Gasteiger partial charge in [0.2, 0.25) is 0 Å². The molecule has 1 rings (SSSR count). The first-order chi connectivity index (χ1) is 6.63. The second-order valence-corrected chi connectivity index (χ2v) is 3.55. The first kappa shape index (κ1) is 10.9. The van der Waals surface area contributed by atoms with Crippen molar-refractivity contribution in [2.75, 3.05) is 0 Å². The molecule has 1 aromatic rings. The van der Waals surface area contributed by atoms with Gasteiger partial charge in [-0.25, -0.2) is 0 Å². The molecule has 0 amide bonds. The van der Waals surface area contributed by atoms with Crippen LogP contribution in [0.3, 0.4) is 0 Å². The number of rotatable bonds is 5. The normalized spacial score (nSPS) is 12.8. The van der Waals surface area contributed by atoms with E-state index >= 15 is 0 Å². The van der Waals surface area contributed by atoms with E-state index in [1.165, 1.54) is 0 Å². The lowest BCUT2D eigenvalue weighted by Crippen LogP contribution is -2.23. The second kappa shape index (κ2) is 4.91. The Morgan fingerprint density at radius 1 is 1.71 bits per heavy atom. The molecule has 0 aliphatic rings. The summed E-state index contributed by atoms with van der Waals surface area (Å²) in [7, 11) is 1.79. The van der Waals surface area contributed by atoms with E-state index in [0.717, 1.165) is 12.8 Å². The molecule has 0 spiro atoms. The zero-order chi connectivity index (χ0) is 10.6. The van der Waals surface area contributed by atoms with Crippen LogP contribution in [0.15, 0.2) is 12.3 Å². The maximum Gasteiger partial charge on any atom is 0.184 e. The molecule has 0 aliphatic carbocycles. The van der Waals surface area contributed by atoms with Gasteiger partial charge >= 0.3 is 0 Å². The van der Waals surface area contributed by atoms with Crippen LogP contribution < -0.4 is 5.73 Å². The Hall–Kier alpha value is -1.16. The van der Waals surface area contributed by atoms with Crippen LogP contribution in [0.5, 0.6) is 0 Å². The van der Waals surface area contributed by atoms with Gasteiger partial charge in [0.25, 0.3) is 0 Å². The predicted molar refractivity (Wildman–Crippen MR) is 55.0 cm³/mol. The van der Waals surface area contributed by atoms with Crippen molar-refractivity contribution in [1.29, 1.82) is 0 Å². The highest BCUT2D eigenvalue weighted by atomic mass is 16.1. The number of aromatic nitrogens is 2. The fourth-order valence-electron chi connectivity index (χ4n) is 1.38. The van der Waals surface area contributed by atoms with E-state index in [4.69, 9.17) is 5.73 Å². The molecule has 0 saturated heterocycles. The molecule has 0 radical (unpaired) electrons. The van der Waals surface area contributed by atoms with Crippen molar-refractivity contribution < 1.29 is 4.79 Å². The van der Waals surface area contributed by atoms with E-state index in [2.05, 4.69) is 12.0 Å². The molecule has 0 bridgehead atoms. The summed E-state index contributed by atoms with van der Waals surface area (Å²) in [6, 6.07) is 1.69. The summed E-state index contributed by atoms with van der Waals surface area (Å²) in [5.74, 6) is 0.0338. The summed E-state index contributed by atoms with van der Waals surface area (Å²) in [6.45, 7) is 2.06. The smallest absolute Gasteiger partial charge is 0.184 e. The monoisotopic (exact) mass is 195 g/mol. The summed E-state index contributed by atoms with van der Waals surface area (Å²) in [5, 5.41) is 4.04. The largest absolute Gasteiger partial charge is 0.327 e. The van der Waals surface area contributed by atoms with Crippen LogP contribution in [0.1, 0.15) is 36.7 Å². The number of carbonyl (C=O) groups excluding carboxylic acids is 1. The van der Waals surface area contributed by atoms with Crippen molar-refractivity contribution in [3.8, 4) is 0 Å². The van der Waals surface area contributed by atoms with Gasteiger partial charge in [-0.3, -0.25) is 9.48 Å². The second-order valence-electron chi connectivity index (χ2n) is 3.55.